The van der Waals surface area contributed by atoms with E-state index in [2.05, 4.69) is 35.6 Å². The van der Waals surface area contributed by atoms with Crippen molar-refractivity contribution in [1.82, 2.24) is 0 Å². The van der Waals surface area contributed by atoms with Crippen molar-refractivity contribution in [2.24, 2.45) is 0 Å². The fourth-order valence-electron chi connectivity index (χ4n) is 4.98. The third-order valence-corrected chi connectivity index (χ3v) is 6.97. The molecule has 1 heterocycles. The predicted octanol–water partition coefficient (Wildman–Crippen LogP) is 6.67. The normalized spacial score (nSPS) is 17.0. The maximum atomic E-state index is 13.7. The van der Waals surface area contributed by atoms with Crippen molar-refractivity contribution in [3.63, 3.8) is 0 Å². The highest BCUT2D eigenvalue weighted by Gasteiger charge is 2.35. The molecule has 0 saturated heterocycles. The van der Waals surface area contributed by atoms with Crippen LogP contribution in [0.15, 0.2) is 72.8 Å². The molecule has 3 nitrogen and oxygen atoms in total. The van der Waals surface area contributed by atoms with E-state index >= 15 is 0 Å². The summed E-state index contributed by atoms with van der Waals surface area (Å²) < 4.78 is 0. The fraction of sp³-hybridized carbons (Fsp3) is 0.148. The van der Waals surface area contributed by atoms with Crippen LogP contribution in [-0.4, -0.2) is 5.91 Å². The predicted molar refractivity (Wildman–Crippen MR) is 127 cm³/mol. The van der Waals surface area contributed by atoms with Crippen molar-refractivity contribution in [1.29, 1.82) is 0 Å². The summed E-state index contributed by atoms with van der Waals surface area (Å²) in [6.07, 6.45) is 1.83. The zero-order valence-electron chi connectivity index (χ0n) is 17.2. The lowest BCUT2D eigenvalue weighted by molar-refractivity contribution is 0.0975. The summed E-state index contributed by atoms with van der Waals surface area (Å²) in [5.41, 5.74) is 7.18. The number of amides is 1. The Morgan fingerprint density at radius 2 is 1.74 bits per heavy atom. The van der Waals surface area contributed by atoms with Crippen molar-refractivity contribution >= 4 is 39.7 Å². The first-order valence-corrected chi connectivity index (χ1v) is 11.0. The summed E-state index contributed by atoms with van der Waals surface area (Å²) in [6, 6.07) is 24.5. The van der Waals surface area contributed by atoms with Gasteiger partial charge in [0.1, 0.15) is 6.17 Å². The van der Waals surface area contributed by atoms with Gasteiger partial charge in [0.25, 0.3) is 5.91 Å². The lowest BCUT2D eigenvalue weighted by atomic mass is 9.95. The van der Waals surface area contributed by atoms with Crippen molar-refractivity contribution < 1.29 is 4.79 Å². The SMILES string of the molecule is Cc1ccc(N2C(=O)c3ccccc3N[C@H]2c2ccc3c4c(cccc24)CC3)cc1Cl. The van der Waals surface area contributed by atoms with Gasteiger partial charge in [-0.3, -0.25) is 9.69 Å². The Bertz CT molecular complexity index is 1370. The summed E-state index contributed by atoms with van der Waals surface area (Å²) >= 11 is 6.46. The van der Waals surface area contributed by atoms with E-state index in [4.69, 9.17) is 11.6 Å². The number of halogens is 1. The molecule has 1 amide bonds. The first-order chi connectivity index (χ1) is 15.1. The van der Waals surface area contributed by atoms with Crippen LogP contribution in [0.2, 0.25) is 5.02 Å². The highest BCUT2D eigenvalue weighted by atomic mass is 35.5. The molecule has 4 heteroatoms. The summed E-state index contributed by atoms with van der Waals surface area (Å²) in [7, 11) is 0. The van der Waals surface area contributed by atoms with Gasteiger partial charge in [-0.05, 0) is 71.5 Å². The molecule has 1 N–H and O–H groups in total. The third-order valence-electron chi connectivity index (χ3n) is 6.57. The Kier molecular flexibility index (Phi) is 4.09. The van der Waals surface area contributed by atoms with Gasteiger partial charge >= 0.3 is 0 Å². The molecular formula is C27H21ClN2O. The van der Waals surface area contributed by atoms with Gasteiger partial charge in [-0.25, -0.2) is 0 Å². The standard InChI is InChI=1S/C27H21ClN2O/c1-16-9-13-19(15-23(16)28)30-26(29-24-8-3-2-6-22(24)27(30)31)21-14-12-18-11-10-17-5-4-7-20(21)25(17)18/h2-9,12-15,26,29H,10-11H2,1H3/t26-/m1/s1. The van der Waals surface area contributed by atoms with Crippen LogP contribution in [0.4, 0.5) is 11.4 Å². The van der Waals surface area contributed by atoms with Crippen LogP contribution in [0, 0.1) is 6.92 Å². The minimum atomic E-state index is -0.328. The second-order valence-corrected chi connectivity index (χ2v) is 8.76. The van der Waals surface area contributed by atoms with Crippen LogP contribution in [0.1, 0.15) is 38.8 Å². The van der Waals surface area contributed by atoms with E-state index in [0.29, 0.717) is 10.6 Å². The van der Waals surface area contributed by atoms with E-state index in [0.717, 1.165) is 35.3 Å². The fourth-order valence-corrected chi connectivity index (χ4v) is 5.15. The molecule has 31 heavy (non-hydrogen) atoms. The number of carbonyl (C=O) groups excluding carboxylic acids is 1. The topological polar surface area (TPSA) is 32.3 Å². The molecule has 0 fully saturated rings. The molecule has 2 aliphatic rings. The molecule has 152 valence electrons. The van der Waals surface area contributed by atoms with E-state index in [1.165, 1.54) is 21.9 Å². The molecule has 0 bridgehead atoms. The quantitative estimate of drug-likeness (QED) is 0.389. The Balaban J connectivity index is 1.59. The highest BCUT2D eigenvalue weighted by molar-refractivity contribution is 6.31. The number of nitrogens with zero attached hydrogens (tertiary/aromatic N) is 1. The molecule has 0 radical (unpaired) electrons. The van der Waals surface area contributed by atoms with Gasteiger partial charge in [-0.2, -0.15) is 0 Å². The average molecular weight is 425 g/mol. The van der Waals surface area contributed by atoms with Gasteiger partial charge in [0.15, 0.2) is 0 Å². The van der Waals surface area contributed by atoms with Gasteiger partial charge in [-0.1, -0.05) is 60.1 Å². The van der Waals surface area contributed by atoms with Crippen LogP contribution >= 0.6 is 11.6 Å². The van der Waals surface area contributed by atoms with Crippen molar-refractivity contribution in [2.45, 2.75) is 25.9 Å². The van der Waals surface area contributed by atoms with Gasteiger partial charge in [0.2, 0.25) is 0 Å². The number of benzene rings is 4. The number of anilines is 2. The Morgan fingerprint density at radius 1 is 0.935 bits per heavy atom. The van der Waals surface area contributed by atoms with Crippen LogP contribution in [0.25, 0.3) is 10.8 Å². The summed E-state index contributed by atoms with van der Waals surface area (Å²) in [4.78, 5) is 15.6. The smallest absolute Gasteiger partial charge is 0.262 e. The summed E-state index contributed by atoms with van der Waals surface area (Å²) in [5, 5.41) is 6.85. The second-order valence-electron chi connectivity index (χ2n) is 8.35. The molecule has 0 unspecified atom stereocenters. The average Bonchev–Trinajstić information content (AvgIpc) is 3.21. The minimum absolute atomic E-state index is 0.0254. The van der Waals surface area contributed by atoms with Crippen LogP contribution in [-0.2, 0) is 12.8 Å². The zero-order valence-corrected chi connectivity index (χ0v) is 17.9. The number of hydrogen-bond acceptors (Lipinski definition) is 2. The number of para-hydroxylation sites is 1. The largest absolute Gasteiger partial charge is 0.360 e. The molecule has 1 aliphatic carbocycles. The molecular weight excluding hydrogens is 404 g/mol. The van der Waals surface area contributed by atoms with Crippen LogP contribution in [0.5, 0.6) is 0 Å². The van der Waals surface area contributed by atoms with Gasteiger partial charge in [0.05, 0.1) is 5.56 Å². The molecule has 0 spiro atoms. The first kappa shape index (κ1) is 18.5. The minimum Gasteiger partial charge on any atom is -0.360 e. The summed E-state index contributed by atoms with van der Waals surface area (Å²) in [5.74, 6) is -0.0254. The van der Waals surface area contributed by atoms with Gasteiger partial charge < -0.3 is 5.32 Å². The maximum Gasteiger partial charge on any atom is 0.262 e. The number of carbonyl (C=O) groups is 1. The van der Waals surface area contributed by atoms with E-state index in [1.54, 1.807) is 0 Å². The van der Waals surface area contributed by atoms with Crippen molar-refractivity contribution in [2.75, 3.05) is 10.2 Å². The lowest BCUT2D eigenvalue weighted by Crippen LogP contribution is -2.43. The van der Waals surface area contributed by atoms with E-state index < -0.39 is 0 Å². The lowest BCUT2D eigenvalue weighted by Gasteiger charge is -2.39. The van der Waals surface area contributed by atoms with Crippen LogP contribution in [0.3, 0.4) is 0 Å². The van der Waals surface area contributed by atoms with E-state index in [-0.39, 0.29) is 12.1 Å². The number of fused-ring (bicyclic) bond motifs is 1. The highest BCUT2D eigenvalue weighted by Crippen LogP contribution is 2.42. The molecule has 0 saturated carbocycles. The Morgan fingerprint density at radius 3 is 2.58 bits per heavy atom. The van der Waals surface area contributed by atoms with Crippen LogP contribution < -0.4 is 10.2 Å². The second kappa shape index (κ2) is 6.86. The monoisotopic (exact) mass is 424 g/mol. The summed E-state index contributed by atoms with van der Waals surface area (Å²) in [6.45, 7) is 1.97. The van der Waals surface area contributed by atoms with E-state index in [9.17, 15) is 4.79 Å². The number of rotatable bonds is 2. The number of hydrogen-bond donors (Lipinski definition) is 1. The van der Waals surface area contributed by atoms with Gasteiger partial charge in [0, 0.05) is 22.0 Å². The van der Waals surface area contributed by atoms with Crippen molar-refractivity contribution in [3.05, 3.63) is 106 Å². The zero-order chi connectivity index (χ0) is 21.1. The number of aryl methyl sites for hydroxylation is 3. The van der Waals surface area contributed by atoms with E-state index in [1.807, 2.05) is 54.3 Å². The molecule has 4 aromatic carbocycles. The Hall–Kier alpha value is -3.30. The van der Waals surface area contributed by atoms with Gasteiger partial charge in [-0.15, -0.1) is 0 Å². The van der Waals surface area contributed by atoms with Crippen molar-refractivity contribution in [3.8, 4) is 0 Å². The molecule has 1 aliphatic heterocycles. The molecule has 6 rings (SSSR count). The number of nitrogens with one attached hydrogen (secondary N) is 1. The first-order valence-electron chi connectivity index (χ1n) is 10.6. The molecule has 0 aromatic heterocycles. The molecule has 4 aromatic rings. The third kappa shape index (κ3) is 2.77. The maximum absolute atomic E-state index is 13.7. The molecule has 1 atom stereocenters. The Labute approximate surface area is 186 Å².